The lowest BCUT2D eigenvalue weighted by Crippen LogP contribution is -2.79. The fraction of sp³-hybridized carbons (Fsp3) is 0. The zero-order chi connectivity index (χ0) is 57.7. The zero-order valence-electron chi connectivity index (χ0n) is 36.0. The van der Waals surface area contributed by atoms with Crippen LogP contribution in [0.1, 0.15) is 0 Å². The first kappa shape index (κ1) is 54.4. The van der Waals surface area contributed by atoms with E-state index in [0.717, 1.165) is 11.0 Å². The van der Waals surface area contributed by atoms with E-state index in [-0.39, 0.29) is 0 Å². The van der Waals surface area contributed by atoms with Crippen molar-refractivity contribution in [1.82, 2.24) is 4.98 Å². The molecular formula is C47H7BF28N2. The molecule has 404 valence electrons. The number of para-hydroxylation sites is 2. The van der Waals surface area contributed by atoms with Crippen molar-refractivity contribution >= 4 is 82.1 Å². The van der Waals surface area contributed by atoms with Crippen LogP contribution in [0.3, 0.4) is 0 Å². The molecule has 0 unspecified atom stereocenters. The van der Waals surface area contributed by atoms with Crippen LogP contribution in [-0.4, -0.2) is 11.1 Å². The molecule has 0 saturated carbocycles. The summed E-state index contributed by atoms with van der Waals surface area (Å²) in [5.41, 5.74) is -13.2. The van der Waals surface area contributed by atoms with Gasteiger partial charge < -0.3 is 0 Å². The van der Waals surface area contributed by atoms with Crippen molar-refractivity contribution in [1.29, 1.82) is 0 Å². The monoisotopic (exact) mass is 1140 g/mol. The maximum atomic E-state index is 17.3. The Balaban J connectivity index is 0.000000739. The van der Waals surface area contributed by atoms with Crippen LogP contribution in [0, 0.1) is 163 Å². The Labute approximate surface area is 408 Å². The zero-order valence-corrected chi connectivity index (χ0v) is 36.0. The third-order valence-corrected chi connectivity index (χ3v) is 12.6. The van der Waals surface area contributed by atoms with Gasteiger partial charge in [0.25, 0.3) is 0 Å². The van der Waals surface area contributed by atoms with Crippen LogP contribution < -0.4 is 26.8 Å². The van der Waals surface area contributed by atoms with Crippen LogP contribution in [-0.2, 0) is 0 Å². The summed E-state index contributed by atoms with van der Waals surface area (Å²) >= 11 is 0. The molecule has 0 aliphatic heterocycles. The molecule has 2 N–H and O–H groups in total. The minimum atomic E-state index is -8.05. The van der Waals surface area contributed by atoms with Gasteiger partial charge in [0.1, 0.15) is 29.4 Å². The first-order valence-electron chi connectivity index (χ1n) is 20.4. The smallest absolute Gasteiger partial charge is 0.240 e. The maximum absolute atomic E-state index is 17.3. The molecule has 31 heteroatoms. The molecule has 0 amide bonds. The van der Waals surface area contributed by atoms with Crippen molar-refractivity contribution in [3.63, 3.8) is 0 Å². The lowest BCUT2D eigenvalue weighted by atomic mass is 9.11. The maximum Gasteiger partial charge on any atom is 0.240 e. The molecule has 0 aliphatic carbocycles. The molecule has 78 heavy (non-hydrogen) atoms. The highest BCUT2D eigenvalue weighted by Crippen LogP contribution is 2.42. The number of hydrogen-bond donors (Lipinski definition) is 1. The highest BCUT2D eigenvalue weighted by atomic mass is 19.2. The van der Waals surface area contributed by atoms with Crippen molar-refractivity contribution in [2.45, 2.75) is 0 Å². The Hall–Kier alpha value is -8.41. The number of nitrogens with one attached hydrogen (secondary N) is 2. The summed E-state index contributed by atoms with van der Waals surface area (Å²) in [6.07, 6.45) is -6.22. The van der Waals surface area contributed by atoms with E-state index >= 15 is 105 Å². The first-order valence-corrected chi connectivity index (χ1v) is 20.4. The lowest BCUT2D eigenvalue weighted by Gasteiger charge is -2.47. The molecule has 10 rings (SSSR count). The third-order valence-electron chi connectivity index (χ3n) is 12.6. The van der Waals surface area contributed by atoms with Crippen molar-refractivity contribution in [3.8, 4) is 0 Å². The second-order valence-corrected chi connectivity index (χ2v) is 16.3. The number of rotatable bonds is 4. The number of hydrogen-bond acceptors (Lipinski definition) is 0. The van der Waals surface area contributed by atoms with Gasteiger partial charge in [-0.15, -0.1) is 21.9 Å². The Bertz CT molecular complexity index is 3830. The molecule has 9 aromatic carbocycles. The van der Waals surface area contributed by atoms with E-state index in [1.165, 1.54) is 0 Å². The Morgan fingerprint density at radius 1 is 0.231 bits per heavy atom. The fourth-order valence-electron chi connectivity index (χ4n) is 9.52. The summed E-state index contributed by atoms with van der Waals surface area (Å²) in [6, 6.07) is 8.08. The van der Waals surface area contributed by atoms with Gasteiger partial charge in [-0.25, -0.2) is 133 Å². The van der Waals surface area contributed by atoms with E-state index in [9.17, 15) is 17.6 Å². The third kappa shape index (κ3) is 6.89. The topological polar surface area (TPSA) is 29.9 Å². The van der Waals surface area contributed by atoms with Gasteiger partial charge in [-0.1, -0.05) is 12.1 Å². The summed E-state index contributed by atoms with van der Waals surface area (Å²) in [5, 5.41) is -27.0. The Morgan fingerprint density at radius 2 is 0.423 bits per heavy atom. The second kappa shape index (κ2) is 18.4. The molecular weight excluding hydrogens is 1140 g/mol. The SMILES string of the molecule is Fc1c(F)c(F)c2c([B-](c3c(F)c(F)c(F)c4c(F)c(F)c(F)c(F)c34)(c3c(F)c(F)c(F)c4c(F)c(F)c(F)c(F)c34)c3c(F)c(F)c(F)c4c(F)c(F)c(F)c(F)c34)c(F)c(F)c(F)c2c1F.c1ccc2[nH+]c[nH]c2c1. The number of H-pyrrole nitrogens is 2. The van der Waals surface area contributed by atoms with Gasteiger partial charge in [-0.05, 0) is 33.7 Å². The molecule has 1 heterocycles. The number of aromatic nitrogens is 2. The molecule has 1 aromatic heterocycles. The van der Waals surface area contributed by atoms with Crippen LogP contribution in [0.15, 0.2) is 30.6 Å². The molecule has 0 fully saturated rings. The van der Waals surface area contributed by atoms with Crippen molar-refractivity contribution in [3.05, 3.63) is 193 Å². The first-order chi connectivity index (χ1) is 36.5. The van der Waals surface area contributed by atoms with Crippen LogP contribution >= 0.6 is 0 Å². The van der Waals surface area contributed by atoms with Crippen molar-refractivity contribution in [2.24, 2.45) is 0 Å². The lowest BCUT2D eigenvalue weighted by molar-refractivity contribution is -0.344. The summed E-state index contributed by atoms with van der Waals surface area (Å²) in [7, 11) is 0. The minimum absolute atomic E-state index is 1.15. The van der Waals surface area contributed by atoms with Crippen LogP contribution in [0.2, 0.25) is 0 Å². The quantitative estimate of drug-likeness (QED) is 0.0788. The average Bonchev–Trinajstić information content (AvgIpc) is 3.65. The van der Waals surface area contributed by atoms with Gasteiger partial charge in [0, 0.05) is 0 Å². The van der Waals surface area contributed by atoms with Gasteiger partial charge in [0.05, 0.1) is 21.5 Å². The van der Waals surface area contributed by atoms with Crippen LogP contribution in [0.25, 0.3) is 54.1 Å². The average molecular weight is 1140 g/mol. The molecule has 0 spiro atoms. The van der Waals surface area contributed by atoms with E-state index < -0.39 is 234 Å². The summed E-state index contributed by atoms with van der Waals surface area (Å²) in [4.78, 5) is 6.13. The number of halogens is 28. The highest BCUT2D eigenvalue weighted by Gasteiger charge is 2.52. The minimum Gasteiger partial charge on any atom is -0.244 e. The molecule has 2 nitrogen and oxygen atoms in total. The summed E-state index contributed by atoms with van der Waals surface area (Å²) in [6.45, 7) is 0. The predicted octanol–water partition coefficient (Wildman–Crippen LogP) is 12.6. The molecule has 0 radical (unpaired) electrons. The second-order valence-electron chi connectivity index (χ2n) is 16.3. The molecule has 0 aliphatic rings. The summed E-state index contributed by atoms with van der Waals surface area (Å²) < 4.78 is 446. The van der Waals surface area contributed by atoms with Crippen LogP contribution in [0.5, 0.6) is 0 Å². The van der Waals surface area contributed by atoms with E-state index in [1.807, 2.05) is 30.6 Å². The number of aromatic amines is 2. The van der Waals surface area contributed by atoms with E-state index in [2.05, 4.69) is 9.97 Å². The normalized spacial score (nSPS) is 12.1. The standard InChI is InChI=1S/C40BF28.C7H6N2/c42-13-1-5(21(50)37(66)33(13)62)17(46)29(58)25(54)9(1)41(10-2-6(18(47)30(59)26(10)55)22(51)38(67)34(63)14(2)43,11-3-7(19(48)31(60)27(11)56)23(52)39(68)35(64)15(3)44)12-4-8(20(49)32(61)28(12)57)24(53)40(69)36(65)16(4)45;1-2-4-7-6(3-1)8-5-9-7/h;1-5H,(H,8,9)/q-1;/p+1. The number of fused-ring (bicyclic) bond motifs is 5. The van der Waals surface area contributed by atoms with Gasteiger partial charge in [-0.3, -0.25) is 0 Å². The number of imidazole rings is 1. The van der Waals surface area contributed by atoms with Crippen molar-refractivity contribution in [2.75, 3.05) is 0 Å². The van der Waals surface area contributed by atoms with E-state index in [1.54, 1.807) is 0 Å². The molecule has 0 bridgehead atoms. The molecule has 10 aromatic rings. The number of benzene rings is 9. The van der Waals surface area contributed by atoms with Gasteiger partial charge in [0.15, 0.2) is 151 Å². The highest BCUT2D eigenvalue weighted by molar-refractivity contribution is 7.23. The fourth-order valence-corrected chi connectivity index (χ4v) is 9.52. The Morgan fingerprint density at radius 3 is 0.641 bits per heavy atom. The Kier molecular flexibility index (Phi) is 12.8. The van der Waals surface area contributed by atoms with Gasteiger partial charge in [-0.2, -0.15) is 0 Å². The van der Waals surface area contributed by atoms with Crippen LogP contribution in [0.4, 0.5) is 123 Å². The van der Waals surface area contributed by atoms with E-state index in [4.69, 9.17) is 0 Å². The van der Waals surface area contributed by atoms with Gasteiger partial charge in [0.2, 0.25) is 6.33 Å². The van der Waals surface area contributed by atoms with E-state index in [0.29, 0.717) is 0 Å². The largest absolute Gasteiger partial charge is 0.244 e. The van der Waals surface area contributed by atoms with Crippen molar-refractivity contribution < 1.29 is 128 Å². The summed E-state index contributed by atoms with van der Waals surface area (Å²) in [5.74, 6) is -104. The molecule has 0 saturated heterocycles. The predicted molar refractivity (Wildman–Crippen MR) is 214 cm³/mol. The van der Waals surface area contributed by atoms with Gasteiger partial charge >= 0.3 is 0 Å². The molecule has 0 atom stereocenters.